The van der Waals surface area contributed by atoms with E-state index < -0.39 is 0 Å². The summed E-state index contributed by atoms with van der Waals surface area (Å²) in [6.07, 6.45) is 0. The Morgan fingerprint density at radius 3 is 2.63 bits per heavy atom. The van der Waals surface area contributed by atoms with Crippen molar-refractivity contribution in [1.29, 1.82) is 0 Å². The Balaban J connectivity index is 2.01. The van der Waals surface area contributed by atoms with E-state index in [9.17, 15) is 0 Å². The number of hydrogen-bond acceptors (Lipinski definition) is 4. The largest absolute Gasteiger partial charge is 0.377 e. The minimum Gasteiger partial charge on any atom is -0.377 e. The molecule has 5 heteroatoms. The first-order valence-electron chi connectivity index (χ1n) is 6.33. The van der Waals surface area contributed by atoms with Crippen molar-refractivity contribution in [2.24, 2.45) is 0 Å². The van der Waals surface area contributed by atoms with Crippen molar-refractivity contribution in [1.82, 2.24) is 20.7 Å². The molecule has 0 spiro atoms. The van der Waals surface area contributed by atoms with Gasteiger partial charge >= 0.3 is 0 Å². The van der Waals surface area contributed by atoms with Gasteiger partial charge in [-0.3, -0.25) is 0 Å². The van der Waals surface area contributed by atoms with Crippen LogP contribution in [-0.2, 0) is 11.3 Å². The van der Waals surface area contributed by atoms with Crippen LogP contribution in [0, 0.1) is 0 Å². The monoisotopic (exact) mass is 260 g/mol. The Labute approximate surface area is 113 Å². The van der Waals surface area contributed by atoms with Crippen molar-refractivity contribution in [3.63, 3.8) is 0 Å². The SMILES string of the molecule is COC(C)(C)CNCc1n[nH]nc1-c1ccccc1. The molecule has 102 valence electrons. The van der Waals surface area contributed by atoms with Gasteiger partial charge in [0, 0.05) is 25.8 Å². The Kier molecular flexibility index (Phi) is 4.29. The molecule has 0 bridgehead atoms. The third kappa shape index (κ3) is 3.62. The van der Waals surface area contributed by atoms with E-state index in [-0.39, 0.29) is 5.60 Å². The van der Waals surface area contributed by atoms with Gasteiger partial charge in [-0.1, -0.05) is 30.3 Å². The number of ether oxygens (including phenoxy) is 1. The maximum atomic E-state index is 5.37. The smallest absolute Gasteiger partial charge is 0.117 e. The molecule has 2 rings (SSSR count). The summed E-state index contributed by atoms with van der Waals surface area (Å²) in [4.78, 5) is 0. The van der Waals surface area contributed by atoms with Crippen LogP contribution in [0.25, 0.3) is 11.3 Å². The zero-order valence-corrected chi connectivity index (χ0v) is 11.6. The molecule has 0 radical (unpaired) electrons. The molecule has 2 aromatic rings. The Hall–Kier alpha value is -1.72. The molecule has 1 heterocycles. The Morgan fingerprint density at radius 1 is 1.21 bits per heavy atom. The summed E-state index contributed by atoms with van der Waals surface area (Å²) < 4.78 is 5.37. The molecule has 0 amide bonds. The van der Waals surface area contributed by atoms with Crippen LogP contribution in [-0.4, -0.2) is 34.7 Å². The van der Waals surface area contributed by atoms with Crippen LogP contribution in [0.1, 0.15) is 19.5 Å². The van der Waals surface area contributed by atoms with Gasteiger partial charge in [0.05, 0.1) is 5.60 Å². The third-order valence-electron chi connectivity index (χ3n) is 3.06. The van der Waals surface area contributed by atoms with E-state index in [4.69, 9.17) is 4.74 Å². The number of nitrogens with one attached hydrogen (secondary N) is 2. The summed E-state index contributed by atoms with van der Waals surface area (Å²) >= 11 is 0. The van der Waals surface area contributed by atoms with Crippen molar-refractivity contribution in [2.45, 2.75) is 26.0 Å². The Morgan fingerprint density at radius 2 is 1.95 bits per heavy atom. The van der Waals surface area contributed by atoms with Gasteiger partial charge in [0.25, 0.3) is 0 Å². The first-order valence-corrected chi connectivity index (χ1v) is 6.33. The van der Waals surface area contributed by atoms with E-state index in [1.54, 1.807) is 7.11 Å². The van der Waals surface area contributed by atoms with E-state index in [1.807, 2.05) is 44.2 Å². The lowest BCUT2D eigenvalue weighted by molar-refractivity contribution is 0.0230. The summed E-state index contributed by atoms with van der Waals surface area (Å²) in [6, 6.07) is 10.0. The predicted octanol–water partition coefficient (Wildman–Crippen LogP) is 1.99. The highest BCUT2D eigenvalue weighted by Gasteiger charge is 2.16. The van der Waals surface area contributed by atoms with Crippen molar-refractivity contribution < 1.29 is 4.74 Å². The first kappa shape index (κ1) is 13.7. The van der Waals surface area contributed by atoms with E-state index in [1.165, 1.54) is 0 Å². The molecule has 0 aliphatic carbocycles. The van der Waals surface area contributed by atoms with Gasteiger partial charge in [0.1, 0.15) is 11.4 Å². The summed E-state index contributed by atoms with van der Waals surface area (Å²) in [6.45, 7) is 5.50. The molecule has 0 fully saturated rings. The fraction of sp³-hybridized carbons (Fsp3) is 0.429. The zero-order valence-electron chi connectivity index (χ0n) is 11.6. The molecule has 0 aliphatic rings. The van der Waals surface area contributed by atoms with E-state index >= 15 is 0 Å². The molecule has 19 heavy (non-hydrogen) atoms. The van der Waals surface area contributed by atoms with Crippen LogP contribution in [0.4, 0.5) is 0 Å². The number of aromatic nitrogens is 3. The third-order valence-corrected chi connectivity index (χ3v) is 3.06. The second-order valence-electron chi connectivity index (χ2n) is 5.05. The van der Waals surface area contributed by atoms with Crippen LogP contribution in [0.15, 0.2) is 30.3 Å². The number of benzene rings is 1. The molecule has 0 saturated carbocycles. The maximum absolute atomic E-state index is 5.37. The number of H-pyrrole nitrogens is 1. The van der Waals surface area contributed by atoms with Gasteiger partial charge in [-0.2, -0.15) is 15.4 Å². The molecule has 1 aromatic carbocycles. The maximum Gasteiger partial charge on any atom is 0.117 e. The van der Waals surface area contributed by atoms with Crippen molar-refractivity contribution in [2.75, 3.05) is 13.7 Å². The van der Waals surface area contributed by atoms with Gasteiger partial charge in [0.2, 0.25) is 0 Å². The minimum atomic E-state index is -0.184. The molecular weight excluding hydrogens is 240 g/mol. The predicted molar refractivity (Wildman–Crippen MR) is 74.6 cm³/mol. The van der Waals surface area contributed by atoms with Crippen LogP contribution in [0.2, 0.25) is 0 Å². The van der Waals surface area contributed by atoms with Gasteiger partial charge in [-0.05, 0) is 13.8 Å². The summed E-state index contributed by atoms with van der Waals surface area (Å²) in [5, 5.41) is 14.4. The van der Waals surface area contributed by atoms with E-state index in [0.717, 1.165) is 23.5 Å². The minimum absolute atomic E-state index is 0.184. The zero-order chi connectivity index (χ0) is 13.7. The highest BCUT2D eigenvalue weighted by atomic mass is 16.5. The van der Waals surface area contributed by atoms with Gasteiger partial charge < -0.3 is 10.1 Å². The van der Waals surface area contributed by atoms with Gasteiger partial charge in [-0.25, -0.2) is 0 Å². The lowest BCUT2D eigenvalue weighted by Crippen LogP contribution is -2.36. The molecule has 0 saturated heterocycles. The second-order valence-corrected chi connectivity index (χ2v) is 5.05. The van der Waals surface area contributed by atoms with Gasteiger partial charge in [0.15, 0.2) is 0 Å². The fourth-order valence-electron chi connectivity index (χ4n) is 1.76. The van der Waals surface area contributed by atoms with Crippen molar-refractivity contribution >= 4 is 0 Å². The average molecular weight is 260 g/mol. The van der Waals surface area contributed by atoms with Crippen LogP contribution < -0.4 is 5.32 Å². The average Bonchev–Trinajstić information content (AvgIpc) is 2.88. The Bertz CT molecular complexity index is 507. The lowest BCUT2D eigenvalue weighted by Gasteiger charge is -2.22. The van der Waals surface area contributed by atoms with Gasteiger partial charge in [-0.15, -0.1) is 0 Å². The first-order chi connectivity index (χ1) is 9.12. The fourth-order valence-corrected chi connectivity index (χ4v) is 1.76. The molecule has 0 unspecified atom stereocenters. The number of nitrogens with zero attached hydrogens (tertiary/aromatic N) is 2. The molecular formula is C14H20N4O. The number of rotatable bonds is 6. The molecule has 0 aliphatic heterocycles. The highest BCUT2D eigenvalue weighted by Crippen LogP contribution is 2.18. The molecule has 5 nitrogen and oxygen atoms in total. The molecule has 1 aromatic heterocycles. The van der Waals surface area contributed by atoms with E-state index in [0.29, 0.717) is 6.54 Å². The normalized spacial score (nSPS) is 11.7. The molecule has 2 N–H and O–H groups in total. The van der Waals surface area contributed by atoms with Crippen molar-refractivity contribution in [3.8, 4) is 11.3 Å². The highest BCUT2D eigenvalue weighted by molar-refractivity contribution is 5.60. The quantitative estimate of drug-likeness (QED) is 0.833. The molecule has 0 atom stereocenters. The van der Waals surface area contributed by atoms with E-state index in [2.05, 4.69) is 20.7 Å². The number of hydrogen-bond donors (Lipinski definition) is 2. The summed E-state index contributed by atoms with van der Waals surface area (Å²) in [5.74, 6) is 0. The topological polar surface area (TPSA) is 62.8 Å². The standard InChI is InChI=1S/C14H20N4O/c1-14(2,19-3)10-15-9-12-13(17-18-16-12)11-7-5-4-6-8-11/h4-8,15H,9-10H2,1-3H3,(H,16,17,18). The number of methoxy groups -OCH3 is 1. The van der Waals surface area contributed by atoms with Crippen LogP contribution in [0.5, 0.6) is 0 Å². The second kappa shape index (κ2) is 5.95. The van der Waals surface area contributed by atoms with Crippen molar-refractivity contribution in [3.05, 3.63) is 36.0 Å². The number of aromatic amines is 1. The lowest BCUT2D eigenvalue weighted by atomic mass is 10.1. The summed E-state index contributed by atoms with van der Waals surface area (Å²) in [5.41, 5.74) is 2.69. The van der Waals surface area contributed by atoms with Crippen LogP contribution in [0.3, 0.4) is 0 Å². The summed E-state index contributed by atoms with van der Waals surface area (Å²) in [7, 11) is 1.72. The van der Waals surface area contributed by atoms with Crippen LogP contribution >= 0.6 is 0 Å².